The van der Waals surface area contributed by atoms with E-state index in [1.165, 1.54) is 14.1 Å². The summed E-state index contributed by atoms with van der Waals surface area (Å²) >= 11 is 6.67. The maximum absolute atomic E-state index is 13.6. The monoisotopic (exact) mass is 492 g/mol. The summed E-state index contributed by atoms with van der Waals surface area (Å²) in [5.41, 5.74) is -2.22. The van der Waals surface area contributed by atoms with Gasteiger partial charge in [-0.15, -0.1) is 0 Å². The van der Waals surface area contributed by atoms with Crippen molar-refractivity contribution in [3.63, 3.8) is 0 Å². The third kappa shape index (κ3) is 3.81. The number of pyridine rings is 1. The zero-order valence-corrected chi connectivity index (χ0v) is 20.3. The molecule has 1 saturated heterocycles. The van der Waals surface area contributed by atoms with Crippen LogP contribution in [0.25, 0.3) is 10.9 Å². The molecule has 1 aliphatic heterocycles. The number of anilines is 2. The van der Waals surface area contributed by atoms with Crippen LogP contribution < -0.4 is 22.0 Å². The molecule has 34 heavy (non-hydrogen) atoms. The molecular weight excluding hydrogens is 469 g/mol. The number of nitrogens with zero attached hydrogens (tertiary/aromatic N) is 3. The third-order valence-electron chi connectivity index (χ3n) is 6.48. The Labute approximate surface area is 199 Å². The highest BCUT2D eigenvalue weighted by Crippen LogP contribution is 2.38. The van der Waals surface area contributed by atoms with Crippen molar-refractivity contribution >= 4 is 46.6 Å². The molecule has 3 aromatic rings. The molecule has 2 aromatic heterocycles. The van der Waals surface area contributed by atoms with Crippen molar-refractivity contribution in [1.82, 2.24) is 14.1 Å². The highest BCUT2D eigenvalue weighted by molar-refractivity contribution is 6.66. The predicted molar refractivity (Wildman–Crippen MR) is 128 cm³/mol. The van der Waals surface area contributed by atoms with Gasteiger partial charge in [-0.1, -0.05) is 23.7 Å². The second-order valence-corrected chi connectivity index (χ2v) is 9.60. The number of nitrogens with one attached hydrogen (secondary N) is 1. The van der Waals surface area contributed by atoms with Crippen LogP contribution in [-0.2, 0) is 23.4 Å². The van der Waals surface area contributed by atoms with Crippen molar-refractivity contribution in [2.45, 2.75) is 45.3 Å². The first-order chi connectivity index (χ1) is 15.7. The molecule has 0 atom stereocenters. The van der Waals surface area contributed by atoms with Crippen molar-refractivity contribution in [2.75, 3.05) is 5.32 Å². The largest absolute Gasteiger partial charge is 0.496 e. The number of aromatic nitrogens is 3. The molecule has 0 spiro atoms. The molecule has 0 radical (unpaired) electrons. The summed E-state index contributed by atoms with van der Waals surface area (Å²) in [5, 5.41) is 3.11. The molecule has 3 heterocycles. The molecule has 180 valence electrons. The van der Waals surface area contributed by atoms with E-state index in [-0.39, 0.29) is 21.7 Å². The zero-order chi connectivity index (χ0) is 25.2. The van der Waals surface area contributed by atoms with Gasteiger partial charge in [-0.3, -0.25) is 13.9 Å². The Kier molecular flexibility index (Phi) is 5.86. The number of aryl methyl sites for hydroxylation is 1. The average molecular weight is 493 g/mol. The van der Waals surface area contributed by atoms with Crippen LogP contribution in [0.15, 0.2) is 33.9 Å². The van der Waals surface area contributed by atoms with E-state index in [1.54, 1.807) is 18.2 Å². The highest BCUT2D eigenvalue weighted by Gasteiger charge is 2.52. The van der Waals surface area contributed by atoms with Gasteiger partial charge in [0.25, 0.3) is 12.0 Å². The molecule has 0 saturated carbocycles. The molecule has 8 nitrogen and oxygen atoms in total. The molecule has 12 heteroatoms. The maximum atomic E-state index is 13.6. The van der Waals surface area contributed by atoms with Crippen LogP contribution in [0, 0.1) is 0 Å². The number of fused-ring (bicyclic) bond motifs is 1. The lowest BCUT2D eigenvalue weighted by molar-refractivity contribution is 0.00578. The van der Waals surface area contributed by atoms with E-state index in [9.17, 15) is 18.4 Å². The van der Waals surface area contributed by atoms with Gasteiger partial charge in [0, 0.05) is 19.6 Å². The number of hydrogen-bond acceptors (Lipinski definition) is 6. The molecule has 4 rings (SSSR count). The Bertz CT molecular complexity index is 1400. The summed E-state index contributed by atoms with van der Waals surface area (Å²) in [7, 11) is 1.94. The Morgan fingerprint density at radius 3 is 2.29 bits per heavy atom. The summed E-state index contributed by atoms with van der Waals surface area (Å²) in [5.74, 6) is -0.142. The molecule has 0 amide bonds. The minimum Gasteiger partial charge on any atom is -0.399 e. The van der Waals surface area contributed by atoms with Crippen molar-refractivity contribution in [3.8, 4) is 0 Å². The van der Waals surface area contributed by atoms with Gasteiger partial charge in [-0.2, -0.15) is 0 Å². The first-order valence-corrected chi connectivity index (χ1v) is 10.9. The molecule has 1 aromatic carbocycles. The van der Waals surface area contributed by atoms with Gasteiger partial charge in [0.05, 0.1) is 27.4 Å². The second kappa shape index (κ2) is 8.18. The number of benzene rings is 1. The molecule has 1 aliphatic rings. The summed E-state index contributed by atoms with van der Waals surface area (Å²) in [6, 6.07) is 6.09. The summed E-state index contributed by atoms with van der Waals surface area (Å²) in [4.78, 5) is 29.2. The molecular formula is C22H24BClF2N4O4. The van der Waals surface area contributed by atoms with Gasteiger partial charge < -0.3 is 14.6 Å². The smallest absolute Gasteiger partial charge is 0.399 e. The summed E-state index contributed by atoms with van der Waals surface area (Å²) in [6.07, 6.45) is -2.92. The minimum atomic E-state index is -2.92. The summed E-state index contributed by atoms with van der Waals surface area (Å²) in [6.45, 7) is 7.65. The number of alkyl halides is 2. The second-order valence-electron chi connectivity index (χ2n) is 9.22. The molecule has 0 unspecified atom stereocenters. The van der Waals surface area contributed by atoms with E-state index in [0.717, 1.165) is 15.2 Å². The molecule has 0 bridgehead atoms. The van der Waals surface area contributed by atoms with Crippen LogP contribution in [0.3, 0.4) is 0 Å². The predicted octanol–water partition coefficient (Wildman–Crippen LogP) is 3.27. The number of hydrogen-bond donors (Lipinski definition) is 1. The minimum absolute atomic E-state index is 0.0221. The van der Waals surface area contributed by atoms with Gasteiger partial charge in [0.1, 0.15) is 16.9 Å². The van der Waals surface area contributed by atoms with E-state index in [0.29, 0.717) is 11.2 Å². The van der Waals surface area contributed by atoms with Gasteiger partial charge >= 0.3 is 12.8 Å². The quantitative estimate of drug-likeness (QED) is 0.563. The Morgan fingerprint density at radius 2 is 1.71 bits per heavy atom. The third-order valence-corrected chi connectivity index (χ3v) is 6.91. The van der Waals surface area contributed by atoms with Gasteiger partial charge in [0.2, 0.25) is 0 Å². The number of halogens is 3. The van der Waals surface area contributed by atoms with Crippen LogP contribution in [0.2, 0.25) is 5.02 Å². The van der Waals surface area contributed by atoms with Crippen molar-refractivity contribution in [1.29, 1.82) is 0 Å². The zero-order valence-electron chi connectivity index (χ0n) is 19.6. The van der Waals surface area contributed by atoms with E-state index < -0.39 is 41.7 Å². The topological polar surface area (TPSA) is 87.4 Å². The lowest BCUT2D eigenvalue weighted by atomic mass is 9.79. The van der Waals surface area contributed by atoms with E-state index in [2.05, 4.69) is 10.3 Å². The first kappa shape index (κ1) is 24.4. The lowest BCUT2D eigenvalue weighted by Crippen LogP contribution is -2.41. The van der Waals surface area contributed by atoms with Gasteiger partial charge in [-0.05, 0) is 39.8 Å². The van der Waals surface area contributed by atoms with Crippen LogP contribution in [0.4, 0.5) is 20.3 Å². The van der Waals surface area contributed by atoms with Crippen LogP contribution in [-0.4, -0.2) is 32.4 Å². The number of rotatable bonds is 4. The molecule has 1 fully saturated rings. The van der Waals surface area contributed by atoms with Crippen LogP contribution in [0.1, 0.15) is 39.8 Å². The lowest BCUT2D eigenvalue weighted by Gasteiger charge is -2.32. The highest BCUT2D eigenvalue weighted by atomic mass is 35.5. The molecule has 0 aliphatic carbocycles. The van der Waals surface area contributed by atoms with Crippen LogP contribution >= 0.6 is 11.6 Å². The fourth-order valence-corrected chi connectivity index (χ4v) is 4.00. The fourth-order valence-electron chi connectivity index (χ4n) is 3.74. The summed E-state index contributed by atoms with van der Waals surface area (Å²) < 4.78 is 41.4. The van der Waals surface area contributed by atoms with E-state index in [4.69, 9.17) is 20.9 Å². The first-order valence-electron chi connectivity index (χ1n) is 10.5. The van der Waals surface area contributed by atoms with Crippen LogP contribution in [0.5, 0.6) is 0 Å². The average Bonchev–Trinajstić information content (AvgIpc) is 2.98. The SMILES string of the molecule is Cn1c(=O)c2c(Nc3cccc(B4OC(C)(C)C(C)(C)O4)c3Cl)nc(C(F)F)cc2n(C)c1=O. The Hall–Kier alpha value is -2.76. The van der Waals surface area contributed by atoms with E-state index >= 15 is 0 Å². The Morgan fingerprint density at radius 1 is 1.09 bits per heavy atom. The standard InChI is InChI=1S/C22H24BClF2N4O4/c1-21(2)22(3,4)34-23(33-21)11-8-7-9-12(16(11)24)27-18-15-14(10-13(28-18)17(25)26)29(5)20(32)30(6)19(15)31/h7-10,17H,1-6H3,(H,27,28). The van der Waals surface area contributed by atoms with Gasteiger partial charge in [-0.25, -0.2) is 18.6 Å². The van der Waals surface area contributed by atoms with Crippen molar-refractivity contribution < 1.29 is 18.1 Å². The van der Waals surface area contributed by atoms with E-state index in [1.807, 2.05) is 27.7 Å². The molecule has 1 N–H and O–H groups in total. The van der Waals surface area contributed by atoms with Gasteiger partial charge in [0.15, 0.2) is 0 Å². The fraction of sp³-hybridized carbons (Fsp3) is 0.409. The normalized spacial score (nSPS) is 17.1. The van der Waals surface area contributed by atoms with Crippen molar-refractivity contribution in [2.24, 2.45) is 14.1 Å². The maximum Gasteiger partial charge on any atom is 0.496 e. The Balaban J connectivity index is 1.86. The van der Waals surface area contributed by atoms with Crippen molar-refractivity contribution in [3.05, 3.63) is 55.8 Å².